The second-order valence-corrected chi connectivity index (χ2v) is 4.26. The molecule has 6 heteroatoms. The lowest BCUT2D eigenvalue weighted by molar-refractivity contribution is -0.385. The number of nitrogens with zero attached hydrogens (tertiary/aromatic N) is 1. The highest BCUT2D eigenvalue weighted by molar-refractivity contribution is 9.10. The number of nitro benzene ring substituents is 1. The van der Waals surface area contributed by atoms with Crippen LogP contribution < -0.4 is 0 Å². The van der Waals surface area contributed by atoms with E-state index in [0.29, 0.717) is 11.1 Å². The molecule has 1 aromatic carbocycles. The van der Waals surface area contributed by atoms with Crippen LogP contribution in [0.25, 0.3) is 0 Å². The molecule has 0 fully saturated rings. The molecule has 0 saturated carbocycles. The summed E-state index contributed by atoms with van der Waals surface area (Å²) >= 11 is 3.28. The molecule has 0 N–H and O–H groups in total. The van der Waals surface area contributed by atoms with Crippen LogP contribution in [0.1, 0.15) is 18.1 Å². The third-order valence-corrected chi connectivity index (χ3v) is 3.19. The Hall–Kier alpha value is -1.43. The number of hydrogen-bond acceptors (Lipinski definition) is 4. The standard InChI is InChI=1S/C11H12BrNO4/c1-3-17-11(14)6-8-7(2)9(12)4-5-10(8)13(15)16/h4-5H,3,6H2,1-2H3. The molecular formula is C11H12BrNO4. The van der Waals surface area contributed by atoms with Gasteiger partial charge in [0, 0.05) is 16.1 Å². The zero-order chi connectivity index (χ0) is 13.0. The quantitative estimate of drug-likeness (QED) is 0.487. The van der Waals surface area contributed by atoms with Crippen LogP contribution in [0.15, 0.2) is 16.6 Å². The van der Waals surface area contributed by atoms with Crippen molar-refractivity contribution < 1.29 is 14.5 Å². The van der Waals surface area contributed by atoms with Crippen molar-refractivity contribution in [2.75, 3.05) is 6.61 Å². The predicted octanol–water partition coefficient (Wildman–Crippen LogP) is 2.77. The number of nitro groups is 1. The lowest BCUT2D eigenvalue weighted by Crippen LogP contribution is -2.10. The summed E-state index contributed by atoms with van der Waals surface area (Å²) < 4.78 is 5.54. The molecule has 0 spiro atoms. The van der Waals surface area contributed by atoms with Crippen molar-refractivity contribution in [2.45, 2.75) is 20.3 Å². The van der Waals surface area contributed by atoms with Gasteiger partial charge in [-0.25, -0.2) is 0 Å². The van der Waals surface area contributed by atoms with Crippen LogP contribution in [0.2, 0.25) is 0 Å². The van der Waals surface area contributed by atoms with E-state index in [1.807, 2.05) is 0 Å². The monoisotopic (exact) mass is 301 g/mol. The Morgan fingerprint density at radius 1 is 1.53 bits per heavy atom. The first-order chi connectivity index (χ1) is 7.97. The van der Waals surface area contributed by atoms with Gasteiger partial charge in [0.05, 0.1) is 18.0 Å². The molecule has 0 unspecified atom stereocenters. The maximum atomic E-state index is 11.4. The fourth-order valence-electron chi connectivity index (χ4n) is 1.46. The Morgan fingerprint density at radius 2 is 2.18 bits per heavy atom. The third-order valence-electron chi connectivity index (χ3n) is 2.33. The van der Waals surface area contributed by atoms with Crippen LogP contribution in [0.5, 0.6) is 0 Å². The average molecular weight is 302 g/mol. The van der Waals surface area contributed by atoms with E-state index in [-0.39, 0.29) is 18.7 Å². The molecule has 0 aliphatic heterocycles. The Labute approximate surface area is 107 Å². The Morgan fingerprint density at radius 3 is 2.71 bits per heavy atom. The number of hydrogen-bond donors (Lipinski definition) is 0. The van der Waals surface area contributed by atoms with E-state index in [9.17, 15) is 14.9 Å². The highest BCUT2D eigenvalue weighted by Crippen LogP contribution is 2.28. The van der Waals surface area contributed by atoms with Gasteiger partial charge in [-0.2, -0.15) is 0 Å². The van der Waals surface area contributed by atoms with E-state index < -0.39 is 10.9 Å². The van der Waals surface area contributed by atoms with Gasteiger partial charge in [0.15, 0.2) is 0 Å². The van der Waals surface area contributed by atoms with Gasteiger partial charge >= 0.3 is 5.97 Å². The molecule has 0 aliphatic rings. The van der Waals surface area contributed by atoms with E-state index in [2.05, 4.69) is 15.9 Å². The Bertz CT molecular complexity index is 459. The Balaban J connectivity index is 3.14. The molecule has 17 heavy (non-hydrogen) atoms. The SMILES string of the molecule is CCOC(=O)Cc1c([N+](=O)[O-])ccc(Br)c1C. The fraction of sp³-hybridized carbons (Fsp3) is 0.364. The summed E-state index contributed by atoms with van der Waals surface area (Å²) in [7, 11) is 0. The fourth-order valence-corrected chi connectivity index (χ4v) is 1.84. The van der Waals surface area contributed by atoms with E-state index in [4.69, 9.17) is 4.74 Å². The average Bonchev–Trinajstić information content (AvgIpc) is 2.25. The van der Waals surface area contributed by atoms with Gasteiger partial charge in [0.1, 0.15) is 0 Å². The van der Waals surface area contributed by atoms with Crippen LogP contribution in [0.3, 0.4) is 0 Å². The van der Waals surface area contributed by atoms with E-state index in [1.165, 1.54) is 6.07 Å². The number of benzene rings is 1. The first-order valence-electron chi connectivity index (χ1n) is 5.05. The third kappa shape index (κ3) is 3.26. The molecule has 0 aromatic heterocycles. The zero-order valence-corrected chi connectivity index (χ0v) is 11.1. The molecule has 5 nitrogen and oxygen atoms in total. The molecule has 0 aliphatic carbocycles. The summed E-state index contributed by atoms with van der Waals surface area (Å²) in [6.07, 6.45) is -0.0879. The van der Waals surface area contributed by atoms with E-state index in [1.54, 1.807) is 19.9 Å². The summed E-state index contributed by atoms with van der Waals surface area (Å²) in [6, 6.07) is 2.98. The smallest absolute Gasteiger partial charge is 0.310 e. The summed E-state index contributed by atoms with van der Waals surface area (Å²) in [5, 5.41) is 10.9. The first-order valence-corrected chi connectivity index (χ1v) is 5.84. The van der Waals surface area contributed by atoms with Crippen LogP contribution in [0, 0.1) is 17.0 Å². The van der Waals surface area contributed by atoms with Gasteiger partial charge in [0.25, 0.3) is 5.69 Å². The first kappa shape index (κ1) is 13.6. The zero-order valence-electron chi connectivity index (χ0n) is 9.53. The molecule has 1 aromatic rings. The minimum Gasteiger partial charge on any atom is -0.466 e. The van der Waals surface area contributed by atoms with Crippen LogP contribution >= 0.6 is 15.9 Å². The molecule has 0 heterocycles. The van der Waals surface area contributed by atoms with Crippen molar-refractivity contribution in [3.8, 4) is 0 Å². The van der Waals surface area contributed by atoms with Gasteiger partial charge < -0.3 is 4.74 Å². The number of carbonyl (C=O) groups excluding carboxylic acids is 1. The molecule has 1 rings (SSSR count). The number of ether oxygens (including phenoxy) is 1. The molecule has 0 amide bonds. The second-order valence-electron chi connectivity index (χ2n) is 3.41. The lowest BCUT2D eigenvalue weighted by atomic mass is 10.0. The topological polar surface area (TPSA) is 69.4 Å². The minimum atomic E-state index is -0.492. The molecule has 0 bridgehead atoms. The van der Waals surface area contributed by atoms with Crippen LogP contribution in [-0.4, -0.2) is 17.5 Å². The molecule has 0 atom stereocenters. The van der Waals surface area contributed by atoms with Gasteiger partial charge in [-0.3, -0.25) is 14.9 Å². The molecule has 0 radical (unpaired) electrons. The Kier molecular flexibility index (Phi) is 4.62. The summed E-state index contributed by atoms with van der Waals surface area (Å²) in [5.41, 5.74) is 1.02. The largest absolute Gasteiger partial charge is 0.466 e. The van der Waals surface area contributed by atoms with Crippen molar-refractivity contribution in [3.05, 3.63) is 37.8 Å². The van der Waals surface area contributed by atoms with Crippen LogP contribution in [-0.2, 0) is 16.0 Å². The number of carbonyl (C=O) groups is 1. The van der Waals surface area contributed by atoms with Gasteiger partial charge in [-0.1, -0.05) is 15.9 Å². The van der Waals surface area contributed by atoms with Gasteiger partial charge in [-0.05, 0) is 25.5 Å². The predicted molar refractivity (Wildman–Crippen MR) is 65.9 cm³/mol. The lowest BCUT2D eigenvalue weighted by Gasteiger charge is -2.08. The molecular weight excluding hydrogens is 290 g/mol. The number of esters is 1. The number of rotatable bonds is 4. The van der Waals surface area contributed by atoms with Crippen molar-refractivity contribution in [1.82, 2.24) is 0 Å². The number of halogens is 1. The van der Waals surface area contributed by atoms with Crippen molar-refractivity contribution in [2.24, 2.45) is 0 Å². The van der Waals surface area contributed by atoms with Crippen molar-refractivity contribution >= 4 is 27.6 Å². The van der Waals surface area contributed by atoms with Gasteiger partial charge in [0.2, 0.25) is 0 Å². The summed E-state index contributed by atoms with van der Waals surface area (Å²) in [5.74, 6) is -0.461. The summed E-state index contributed by atoms with van der Waals surface area (Å²) in [4.78, 5) is 21.8. The van der Waals surface area contributed by atoms with Gasteiger partial charge in [-0.15, -0.1) is 0 Å². The van der Waals surface area contributed by atoms with Crippen molar-refractivity contribution in [3.63, 3.8) is 0 Å². The minimum absolute atomic E-state index is 0.0567. The normalized spacial score (nSPS) is 10.1. The maximum absolute atomic E-state index is 11.4. The summed E-state index contributed by atoms with van der Waals surface area (Å²) in [6.45, 7) is 3.69. The highest BCUT2D eigenvalue weighted by atomic mass is 79.9. The maximum Gasteiger partial charge on any atom is 0.310 e. The van der Waals surface area contributed by atoms with E-state index >= 15 is 0 Å². The van der Waals surface area contributed by atoms with Crippen LogP contribution in [0.4, 0.5) is 5.69 Å². The molecule has 0 saturated heterocycles. The highest BCUT2D eigenvalue weighted by Gasteiger charge is 2.20. The second kappa shape index (κ2) is 5.77. The molecule has 92 valence electrons. The van der Waals surface area contributed by atoms with E-state index in [0.717, 1.165) is 4.47 Å². The van der Waals surface area contributed by atoms with Crippen molar-refractivity contribution in [1.29, 1.82) is 0 Å².